The molecule has 1 aliphatic carbocycles. The molecular formula is C15H15BrN2O2. The topological polar surface area (TPSA) is 55.1 Å². The van der Waals surface area contributed by atoms with Crippen LogP contribution in [0.1, 0.15) is 25.3 Å². The van der Waals surface area contributed by atoms with Gasteiger partial charge in [0, 0.05) is 10.5 Å². The molecule has 1 aromatic carbocycles. The smallest absolute Gasteiger partial charge is 0.306 e. The molecule has 1 fully saturated rings. The van der Waals surface area contributed by atoms with E-state index < -0.39 is 5.97 Å². The Hall–Kier alpha value is -1.62. The Bertz CT molecular complexity index is 621. The van der Waals surface area contributed by atoms with Crippen molar-refractivity contribution in [3.63, 3.8) is 0 Å². The van der Waals surface area contributed by atoms with Crippen molar-refractivity contribution < 1.29 is 9.90 Å². The number of rotatable bonds is 3. The highest BCUT2D eigenvalue weighted by Gasteiger charge is 2.31. The summed E-state index contributed by atoms with van der Waals surface area (Å²) in [6.07, 6.45) is 5.99. The van der Waals surface area contributed by atoms with Crippen molar-refractivity contribution in [2.45, 2.75) is 25.3 Å². The highest BCUT2D eigenvalue weighted by Crippen LogP contribution is 2.37. The first-order valence-electron chi connectivity index (χ1n) is 6.65. The summed E-state index contributed by atoms with van der Waals surface area (Å²) < 4.78 is 3.16. The van der Waals surface area contributed by atoms with Crippen LogP contribution in [0, 0.1) is 5.92 Å². The van der Waals surface area contributed by atoms with Gasteiger partial charge in [-0.05, 0) is 37.0 Å². The molecule has 0 radical (unpaired) electrons. The quantitative estimate of drug-likeness (QED) is 0.930. The maximum Gasteiger partial charge on any atom is 0.306 e. The fourth-order valence-corrected chi connectivity index (χ4v) is 3.14. The minimum atomic E-state index is -0.683. The van der Waals surface area contributed by atoms with Gasteiger partial charge in [-0.15, -0.1) is 0 Å². The lowest BCUT2D eigenvalue weighted by molar-refractivity contribution is -0.141. The number of aliphatic carboxylic acids is 1. The lowest BCUT2D eigenvalue weighted by Gasteiger charge is -2.15. The van der Waals surface area contributed by atoms with E-state index in [-0.39, 0.29) is 12.0 Å². The molecule has 1 saturated carbocycles. The minimum Gasteiger partial charge on any atom is -0.481 e. The van der Waals surface area contributed by atoms with E-state index >= 15 is 0 Å². The average molecular weight is 335 g/mol. The fraction of sp³-hybridized carbons (Fsp3) is 0.333. The Labute approximate surface area is 125 Å². The molecule has 0 spiro atoms. The van der Waals surface area contributed by atoms with Crippen molar-refractivity contribution in [2.24, 2.45) is 5.92 Å². The summed E-state index contributed by atoms with van der Waals surface area (Å²) in [6, 6.07) is 8.32. The van der Waals surface area contributed by atoms with Crippen LogP contribution < -0.4 is 0 Å². The summed E-state index contributed by atoms with van der Waals surface area (Å²) in [5, 5.41) is 9.12. The van der Waals surface area contributed by atoms with Gasteiger partial charge < -0.3 is 9.67 Å². The molecule has 2 aromatic rings. The zero-order valence-corrected chi connectivity index (χ0v) is 12.5. The SMILES string of the molecule is O=C(O)[C@H]1CC[C@@H](n2cncc2-c2ccc(Br)cc2)C1. The van der Waals surface area contributed by atoms with E-state index in [0.717, 1.165) is 28.6 Å². The number of hydrogen-bond donors (Lipinski definition) is 1. The molecule has 3 rings (SSSR count). The van der Waals surface area contributed by atoms with Gasteiger partial charge in [0.1, 0.15) is 0 Å². The van der Waals surface area contributed by atoms with Crippen molar-refractivity contribution in [1.82, 2.24) is 9.55 Å². The highest BCUT2D eigenvalue weighted by molar-refractivity contribution is 9.10. The lowest BCUT2D eigenvalue weighted by Crippen LogP contribution is -2.11. The van der Waals surface area contributed by atoms with Gasteiger partial charge >= 0.3 is 5.97 Å². The minimum absolute atomic E-state index is 0.222. The van der Waals surface area contributed by atoms with Gasteiger partial charge in [-0.25, -0.2) is 4.98 Å². The van der Waals surface area contributed by atoms with Gasteiger partial charge in [-0.1, -0.05) is 28.1 Å². The zero-order valence-electron chi connectivity index (χ0n) is 10.9. The van der Waals surface area contributed by atoms with E-state index in [1.54, 1.807) is 0 Å². The van der Waals surface area contributed by atoms with Crippen LogP contribution in [-0.2, 0) is 4.79 Å². The standard InChI is InChI=1S/C15H15BrN2O2/c16-12-4-1-10(2-5-12)14-8-17-9-18(14)13-6-3-11(7-13)15(19)20/h1-2,4-5,8-9,11,13H,3,6-7H2,(H,19,20)/t11-,13+/m0/s1. The number of carbonyl (C=O) groups is 1. The molecule has 0 amide bonds. The first kappa shape index (κ1) is 13.4. The van der Waals surface area contributed by atoms with Gasteiger partial charge in [0.2, 0.25) is 0 Å². The molecule has 0 unspecified atom stereocenters. The van der Waals surface area contributed by atoms with Crippen LogP contribution in [0.15, 0.2) is 41.3 Å². The maximum absolute atomic E-state index is 11.1. The molecule has 2 atom stereocenters. The van der Waals surface area contributed by atoms with Gasteiger partial charge in [0.15, 0.2) is 0 Å². The molecule has 0 saturated heterocycles. The van der Waals surface area contributed by atoms with Crippen molar-refractivity contribution in [3.8, 4) is 11.3 Å². The van der Waals surface area contributed by atoms with Gasteiger partial charge in [-0.2, -0.15) is 0 Å². The number of aromatic nitrogens is 2. The van der Waals surface area contributed by atoms with E-state index in [2.05, 4.69) is 25.5 Å². The average Bonchev–Trinajstić information content (AvgIpc) is 3.08. The van der Waals surface area contributed by atoms with Crippen LogP contribution in [-0.4, -0.2) is 20.6 Å². The van der Waals surface area contributed by atoms with Gasteiger partial charge in [-0.3, -0.25) is 4.79 Å². The molecule has 104 valence electrons. The molecule has 0 bridgehead atoms. The van der Waals surface area contributed by atoms with Crippen molar-refractivity contribution in [3.05, 3.63) is 41.3 Å². The third kappa shape index (κ3) is 2.50. The number of benzene rings is 1. The molecule has 0 aliphatic heterocycles. The number of carboxylic acids is 1. The number of carboxylic acid groups (broad SMARTS) is 1. The summed E-state index contributed by atoms with van der Waals surface area (Å²) in [7, 11) is 0. The zero-order chi connectivity index (χ0) is 14.1. The molecule has 4 nitrogen and oxygen atoms in total. The predicted octanol–water partition coefficient (Wildman–Crippen LogP) is 3.74. The summed E-state index contributed by atoms with van der Waals surface area (Å²) in [6.45, 7) is 0. The second-order valence-corrected chi connectivity index (χ2v) is 6.11. The summed E-state index contributed by atoms with van der Waals surface area (Å²) >= 11 is 3.43. The molecular weight excluding hydrogens is 320 g/mol. The van der Waals surface area contributed by atoms with Crippen LogP contribution >= 0.6 is 15.9 Å². The Morgan fingerprint density at radius 2 is 2.05 bits per heavy atom. The summed E-state index contributed by atoms with van der Waals surface area (Å²) in [4.78, 5) is 15.3. The van der Waals surface area contributed by atoms with Crippen LogP contribution in [0.25, 0.3) is 11.3 Å². The normalized spacial score (nSPS) is 22.1. The largest absolute Gasteiger partial charge is 0.481 e. The fourth-order valence-electron chi connectivity index (χ4n) is 2.87. The Kier molecular flexibility index (Phi) is 3.61. The second kappa shape index (κ2) is 5.40. The molecule has 1 aromatic heterocycles. The van der Waals surface area contributed by atoms with Crippen molar-refractivity contribution in [2.75, 3.05) is 0 Å². The Balaban J connectivity index is 1.87. The van der Waals surface area contributed by atoms with E-state index in [1.807, 2.05) is 36.8 Å². The van der Waals surface area contributed by atoms with Gasteiger partial charge in [0.25, 0.3) is 0 Å². The molecule has 1 aliphatic rings. The predicted molar refractivity (Wildman–Crippen MR) is 79.4 cm³/mol. The molecule has 1 heterocycles. The van der Waals surface area contributed by atoms with E-state index in [9.17, 15) is 4.79 Å². The number of imidazole rings is 1. The van der Waals surface area contributed by atoms with Crippen LogP contribution in [0.3, 0.4) is 0 Å². The second-order valence-electron chi connectivity index (χ2n) is 5.20. The number of nitrogens with zero attached hydrogens (tertiary/aromatic N) is 2. The van der Waals surface area contributed by atoms with Crippen LogP contribution in [0.4, 0.5) is 0 Å². The molecule has 20 heavy (non-hydrogen) atoms. The molecule has 5 heteroatoms. The molecule has 1 N–H and O–H groups in total. The van der Waals surface area contributed by atoms with E-state index in [1.165, 1.54) is 0 Å². The summed E-state index contributed by atoms with van der Waals surface area (Å²) in [5.74, 6) is -0.905. The third-order valence-corrected chi connectivity index (χ3v) is 4.48. The Morgan fingerprint density at radius 1 is 1.30 bits per heavy atom. The maximum atomic E-state index is 11.1. The summed E-state index contributed by atoms with van der Waals surface area (Å²) in [5.41, 5.74) is 2.15. The van der Waals surface area contributed by atoms with Crippen molar-refractivity contribution >= 4 is 21.9 Å². The third-order valence-electron chi connectivity index (χ3n) is 3.95. The first-order chi connectivity index (χ1) is 9.65. The lowest BCUT2D eigenvalue weighted by atomic mass is 10.1. The first-order valence-corrected chi connectivity index (χ1v) is 7.45. The van der Waals surface area contributed by atoms with Crippen LogP contribution in [0.2, 0.25) is 0 Å². The monoisotopic (exact) mass is 334 g/mol. The number of hydrogen-bond acceptors (Lipinski definition) is 2. The van der Waals surface area contributed by atoms with Crippen LogP contribution in [0.5, 0.6) is 0 Å². The number of halogens is 1. The van der Waals surface area contributed by atoms with Crippen molar-refractivity contribution in [1.29, 1.82) is 0 Å². The van der Waals surface area contributed by atoms with E-state index in [4.69, 9.17) is 5.11 Å². The Morgan fingerprint density at radius 3 is 2.70 bits per heavy atom. The van der Waals surface area contributed by atoms with E-state index in [0.29, 0.717) is 6.42 Å². The highest BCUT2D eigenvalue weighted by atomic mass is 79.9. The van der Waals surface area contributed by atoms with Gasteiger partial charge in [0.05, 0.1) is 24.1 Å².